The van der Waals surface area contributed by atoms with Crippen molar-refractivity contribution in [1.82, 2.24) is 0 Å². The molecule has 0 heterocycles. The summed E-state index contributed by atoms with van der Waals surface area (Å²) in [7, 11) is 1.70. The number of carbonyl (C=O) groups excluding carboxylic acids is 1. The van der Waals surface area contributed by atoms with Gasteiger partial charge in [0.15, 0.2) is 5.78 Å². The van der Waals surface area contributed by atoms with Crippen molar-refractivity contribution in [3.8, 4) is 5.75 Å². The predicted molar refractivity (Wildman–Crippen MR) is 58.3 cm³/mol. The number of phenolic OH excluding ortho intramolecular Hbond substituents is 1. The number of anilines is 1. The second-order valence-corrected chi connectivity index (χ2v) is 3.23. The largest absolute Gasteiger partial charge is 0.506 e. The number of ketones is 1. The summed E-state index contributed by atoms with van der Waals surface area (Å²) in [5, 5.41) is 20.9. The third-order valence-electron chi connectivity index (χ3n) is 2.15. The Kier molecular flexibility index (Phi) is 4.12. The van der Waals surface area contributed by atoms with Gasteiger partial charge in [-0.25, -0.2) is 0 Å². The number of aliphatic hydroxyl groups is 1. The third kappa shape index (κ3) is 2.95. The van der Waals surface area contributed by atoms with Crippen molar-refractivity contribution in [3.63, 3.8) is 0 Å². The van der Waals surface area contributed by atoms with E-state index in [9.17, 15) is 9.90 Å². The van der Waals surface area contributed by atoms with E-state index in [0.717, 1.165) is 0 Å². The van der Waals surface area contributed by atoms with Gasteiger partial charge in [-0.15, -0.1) is 0 Å². The summed E-state index contributed by atoms with van der Waals surface area (Å²) in [4.78, 5) is 11.5. The second kappa shape index (κ2) is 5.36. The minimum Gasteiger partial charge on any atom is -0.506 e. The van der Waals surface area contributed by atoms with Crippen LogP contribution in [0.4, 0.5) is 5.69 Å². The van der Waals surface area contributed by atoms with Crippen molar-refractivity contribution in [1.29, 1.82) is 0 Å². The number of hydrogen-bond acceptors (Lipinski definition) is 4. The number of aliphatic hydroxyl groups excluding tert-OH is 1. The van der Waals surface area contributed by atoms with Gasteiger partial charge in [0.05, 0.1) is 5.69 Å². The molecule has 0 saturated carbocycles. The van der Waals surface area contributed by atoms with Crippen LogP contribution in [0.5, 0.6) is 5.75 Å². The molecule has 0 aliphatic heterocycles. The SMILES string of the molecule is CNc1ccc(C(=O)CCCO)cc1O. The van der Waals surface area contributed by atoms with E-state index in [1.165, 1.54) is 6.07 Å². The molecule has 0 bridgehead atoms. The summed E-state index contributed by atoms with van der Waals surface area (Å²) in [6, 6.07) is 4.75. The Bertz CT molecular complexity index is 350. The zero-order valence-corrected chi connectivity index (χ0v) is 8.66. The number of aromatic hydroxyl groups is 1. The van der Waals surface area contributed by atoms with Crippen LogP contribution in [-0.2, 0) is 0 Å². The van der Waals surface area contributed by atoms with Crippen LogP contribution in [0.1, 0.15) is 23.2 Å². The van der Waals surface area contributed by atoms with Gasteiger partial charge in [0, 0.05) is 25.6 Å². The highest BCUT2D eigenvalue weighted by molar-refractivity contribution is 5.97. The molecular weight excluding hydrogens is 194 g/mol. The Labute approximate surface area is 88.6 Å². The average Bonchev–Trinajstić information content (AvgIpc) is 2.25. The fourth-order valence-electron chi connectivity index (χ4n) is 1.30. The molecule has 1 aromatic rings. The smallest absolute Gasteiger partial charge is 0.163 e. The summed E-state index contributed by atoms with van der Waals surface area (Å²) >= 11 is 0. The van der Waals surface area contributed by atoms with Gasteiger partial charge < -0.3 is 15.5 Å². The molecule has 0 saturated heterocycles. The number of carbonyl (C=O) groups is 1. The zero-order chi connectivity index (χ0) is 11.3. The molecule has 0 unspecified atom stereocenters. The third-order valence-corrected chi connectivity index (χ3v) is 2.15. The molecular formula is C11H15NO3. The lowest BCUT2D eigenvalue weighted by Gasteiger charge is -2.05. The maximum absolute atomic E-state index is 11.5. The van der Waals surface area contributed by atoms with Gasteiger partial charge >= 0.3 is 0 Å². The van der Waals surface area contributed by atoms with Crippen molar-refractivity contribution in [2.24, 2.45) is 0 Å². The molecule has 0 radical (unpaired) electrons. The highest BCUT2D eigenvalue weighted by atomic mass is 16.3. The van der Waals surface area contributed by atoms with E-state index in [2.05, 4.69) is 5.32 Å². The number of benzene rings is 1. The topological polar surface area (TPSA) is 69.6 Å². The summed E-state index contributed by atoms with van der Waals surface area (Å²) in [5.74, 6) is -0.00523. The molecule has 3 N–H and O–H groups in total. The number of nitrogens with one attached hydrogen (secondary N) is 1. The summed E-state index contributed by atoms with van der Waals surface area (Å²) in [6.45, 7) is 0.00627. The Morgan fingerprint density at radius 3 is 2.73 bits per heavy atom. The van der Waals surface area contributed by atoms with E-state index in [-0.39, 0.29) is 18.1 Å². The minimum absolute atomic E-state index is 0.00627. The quantitative estimate of drug-likeness (QED) is 0.506. The fraction of sp³-hybridized carbons (Fsp3) is 0.364. The van der Waals surface area contributed by atoms with Gasteiger partial charge in [-0.3, -0.25) is 4.79 Å². The van der Waals surface area contributed by atoms with Crippen LogP contribution < -0.4 is 5.32 Å². The molecule has 0 amide bonds. The van der Waals surface area contributed by atoms with Crippen LogP contribution in [0.3, 0.4) is 0 Å². The van der Waals surface area contributed by atoms with E-state index in [0.29, 0.717) is 24.1 Å². The molecule has 4 heteroatoms. The predicted octanol–water partition coefficient (Wildman–Crippen LogP) is 1.39. The van der Waals surface area contributed by atoms with Crippen LogP contribution in [0.25, 0.3) is 0 Å². The molecule has 0 aliphatic carbocycles. The highest BCUT2D eigenvalue weighted by Gasteiger charge is 2.08. The standard InChI is InChI=1S/C11H15NO3/c1-12-9-5-4-8(7-11(9)15)10(14)3-2-6-13/h4-5,7,12-13,15H,2-3,6H2,1H3. The van der Waals surface area contributed by atoms with Crippen LogP contribution in [0.2, 0.25) is 0 Å². The Balaban J connectivity index is 2.78. The van der Waals surface area contributed by atoms with Crippen molar-refractivity contribution < 1.29 is 15.0 Å². The second-order valence-electron chi connectivity index (χ2n) is 3.23. The van der Waals surface area contributed by atoms with Crippen LogP contribution in [0.15, 0.2) is 18.2 Å². The molecule has 1 rings (SSSR count). The molecule has 0 aliphatic rings. The first-order chi connectivity index (χ1) is 7.19. The molecule has 82 valence electrons. The van der Waals surface area contributed by atoms with E-state index >= 15 is 0 Å². The zero-order valence-electron chi connectivity index (χ0n) is 8.66. The maximum Gasteiger partial charge on any atom is 0.163 e. The lowest BCUT2D eigenvalue weighted by atomic mass is 10.1. The van der Waals surface area contributed by atoms with Crippen molar-refractivity contribution in [3.05, 3.63) is 23.8 Å². The molecule has 15 heavy (non-hydrogen) atoms. The maximum atomic E-state index is 11.5. The summed E-state index contributed by atoms with van der Waals surface area (Å²) in [5.41, 5.74) is 1.06. The molecule has 0 spiro atoms. The first-order valence-electron chi connectivity index (χ1n) is 4.84. The number of phenols is 1. The van der Waals surface area contributed by atoms with E-state index in [1.54, 1.807) is 19.2 Å². The van der Waals surface area contributed by atoms with Gasteiger partial charge in [-0.05, 0) is 24.6 Å². The van der Waals surface area contributed by atoms with Gasteiger partial charge in [-0.2, -0.15) is 0 Å². The van der Waals surface area contributed by atoms with Crippen LogP contribution >= 0.6 is 0 Å². The first-order valence-corrected chi connectivity index (χ1v) is 4.84. The monoisotopic (exact) mass is 209 g/mol. The Morgan fingerprint density at radius 1 is 1.47 bits per heavy atom. The Morgan fingerprint density at radius 2 is 2.20 bits per heavy atom. The van der Waals surface area contributed by atoms with Crippen LogP contribution in [0, 0.1) is 0 Å². The van der Waals surface area contributed by atoms with Crippen molar-refractivity contribution in [2.45, 2.75) is 12.8 Å². The number of hydrogen-bond donors (Lipinski definition) is 3. The highest BCUT2D eigenvalue weighted by Crippen LogP contribution is 2.24. The van der Waals surface area contributed by atoms with Crippen LogP contribution in [-0.4, -0.2) is 29.7 Å². The fourth-order valence-corrected chi connectivity index (χ4v) is 1.30. The number of rotatable bonds is 5. The van der Waals surface area contributed by atoms with Crippen molar-refractivity contribution in [2.75, 3.05) is 19.0 Å². The van der Waals surface area contributed by atoms with Gasteiger partial charge in [0.25, 0.3) is 0 Å². The minimum atomic E-state index is -0.0676. The van der Waals surface area contributed by atoms with Gasteiger partial charge in [0.1, 0.15) is 5.75 Å². The van der Waals surface area contributed by atoms with E-state index in [1.807, 2.05) is 0 Å². The van der Waals surface area contributed by atoms with Crippen molar-refractivity contribution >= 4 is 11.5 Å². The normalized spacial score (nSPS) is 10.0. The molecule has 1 aromatic carbocycles. The Hall–Kier alpha value is -1.55. The summed E-state index contributed by atoms with van der Waals surface area (Å²) in [6.07, 6.45) is 0.752. The average molecular weight is 209 g/mol. The van der Waals surface area contributed by atoms with E-state index in [4.69, 9.17) is 5.11 Å². The van der Waals surface area contributed by atoms with E-state index < -0.39 is 0 Å². The van der Waals surface area contributed by atoms with Gasteiger partial charge in [-0.1, -0.05) is 0 Å². The lowest BCUT2D eigenvalue weighted by Crippen LogP contribution is -2.00. The number of Topliss-reactive ketones (excluding diaryl/α,β-unsaturated/α-hetero) is 1. The van der Waals surface area contributed by atoms with Gasteiger partial charge in [0.2, 0.25) is 0 Å². The lowest BCUT2D eigenvalue weighted by molar-refractivity contribution is 0.0971. The summed E-state index contributed by atoms with van der Waals surface area (Å²) < 4.78 is 0. The molecule has 4 nitrogen and oxygen atoms in total. The molecule has 0 atom stereocenters. The molecule has 0 fully saturated rings. The first kappa shape index (κ1) is 11.5. The molecule has 0 aromatic heterocycles.